The zero-order valence-corrected chi connectivity index (χ0v) is 13.3. The van der Waals surface area contributed by atoms with E-state index in [1.165, 1.54) is 25.3 Å². The number of benzene rings is 1. The zero-order chi connectivity index (χ0) is 17.9. The van der Waals surface area contributed by atoms with Gasteiger partial charge in [-0.1, -0.05) is 11.6 Å². The van der Waals surface area contributed by atoms with Crippen molar-refractivity contribution in [2.24, 2.45) is 0 Å². The molecule has 0 aliphatic carbocycles. The zero-order valence-electron chi connectivity index (χ0n) is 12.5. The maximum Gasteiger partial charge on any atom is 0.352 e. The standard InChI is InChI=1S/C14H14ClN3O6/c1-24-7-9(19)6-17-12(20)5-16-18(14(17)23)8-2-3-11(15)10(4-8)13(21)22/h2-5,9,19H,6-7H2,1H3,(H,21,22). The van der Waals surface area contributed by atoms with E-state index >= 15 is 0 Å². The van der Waals surface area contributed by atoms with Crippen LogP contribution in [-0.4, -0.2) is 50.4 Å². The molecule has 1 atom stereocenters. The fraction of sp³-hybridized carbons (Fsp3) is 0.286. The summed E-state index contributed by atoms with van der Waals surface area (Å²) in [6, 6.07) is 3.87. The van der Waals surface area contributed by atoms with E-state index in [2.05, 4.69) is 5.10 Å². The molecular weight excluding hydrogens is 342 g/mol. The second-order valence-corrected chi connectivity index (χ2v) is 5.27. The topological polar surface area (TPSA) is 124 Å². The molecule has 0 bridgehead atoms. The van der Waals surface area contributed by atoms with E-state index in [9.17, 15) is 19.5 Å². The summed E-state index contributed by atoms with van der Waals surface area (Å²) in [6.45, 7) is -0.342. The number of carbonyl (C=O) groups is 1. The molecule has 1 unspecified atom stereocenters. The van der Waals surface area contributed by atoms with E-state index < -0.39 is 23.3 Å². The molecule has 1 aromatic heterocycles. The Balaban J connectivity index is 2.53. The number of halogens is 1. The molecule has 2 aromatic rings. The van der Waals surface area contributed by atoms with Crippen molar-refractivity contribution < 1.29 is 19.7 Å². The SMILES string of the molecule is COCC(O)Cn1c(=O)cnn(-c2ccc(Cl)c(C(=O)O)c2)c1=O. The Morgan fingerprint density at radius 3 is 2.75 bits per heavy atom. The first-order valence-corrected chi connectivity index (χ1v) is 7.12. The van der Waals surface area contributed by atoms with Gasteiger partial charge in [0.25, 0.3) is 5.56 Å². The molecule has 2 N–H and O–H groups in total. The fourth-order valence-corrected chi connectivity index (χ4v) is 2.24. The van der Waals surface area contributed by atoms with Crippen LogP contribution in [0.1, 0.15) is 10.4 Å². The first-order chi connectivity index (χ1) is 11.3. The van der Waals surface area contributed by atoms with E-state index in [0.717, 1.165) is 15.4 Å². The van der Waals surface area contributed by atoms with Gasteiger partial charge in [0.2, 0.25) is 0 Å². The van der Waals surface area contributed by atoms with Crippen LogP contribution >= 0.6 is 11.6 Å². The number of aromatic carboxylic acids is 1. The quantitative estimate of drug-likeness (QED) is 0.732. The monoisotopic (exact) mass is 355 g/mol. The smallest absolute Gasteiger partial charge is 0.352 e. The van der Waals surface area contributed by atoms with E-state index in [1.54, 1.807) is 0 Å². The van der Waals surface area contributed by atoms with Crippen molar-refractivity contribution in [2.75, 3.05) is 13.7 Å². The second-order valence-electron chi connectivity index (χ2n) is 4.87. The van der Waals surface area contributed by atoms with Crippen LogP contribution in [0.2, 0.25) is 5.02 Å². The second kappa shape index (κ2) is 7.39. The van der Waals surface area contributed by atoms with Gasteiger partial charge in [0.1, 0.15) is 6.20 Å². The number of aromatic nitrogens is 3. The lowest BCUT2D eigenvalue weighted by atomic mass is 10.2. The van der Waals surface area contributed by atoms with Gasteiger partial charge < -0.3 is 14.9 Å². The van der Waals surface area contributed by atoms with Gasteiger partial charge in [0, 0.05) is 7.11 Å². The maximum atomic E-state index is 12.4. The predicted molar refractivity (Wildman–Crippen MR) is 83.9 cm³/mol. The van der Waals surface area contributed by atoms with Crippen LogP contribution in [0, 0.1) is 0 Å². The number of carboxylic acids is 1. The highest BCUT2D eigenvalue weighted by atomic mass is 35.5. The summed E-state index contributed by atoms with van der Waals surface area (Å²) >= 11 is 5.79. The van der Waals surface area contributed by atoms with E-state index in [0.29, 0.717) is 0 Å². The summed E-state index contributed by atoms with van der Waals surface area (Å²) in [5.41, 5.74) is -1.60. The summed E-state index contributed by atoms with van der Waals surface area (Å²) in [5.74, 6) is -1.27. The number of rotatable bonds is 6. The lowest BCUT2D eigenvalue weighted by Gasteiger charge is -2.13. The molecule has 0 amide bonds. The summed E-state index contributed by atoms with van der Waals surface area (Å²) in [5, 5.41) is 22.5. The molecule has 0 saturated carbocycles. The van der Waals surface area contributed by atoms with Gasteiger partial charge in [-0.25, -0.2) is 9.59 Å². The van der Waals surface area contributed by atoms with Crippen molar-refractivity contribution in [3.05, 3.63) is 55.8 Å². The normalized spacial score (nSPS) is 12.1. The Bertz CT molecular complexity index is 876. The number of hydrogen-bond donors (Lipinski definition) is 2. The highest BCUT2D eigenvalue weighted by molar-refractivity contribution is 6.33. The van der Waals surface area contributed by atoms with E-state index in [4.69, 9.17) is 21.4 Å². The van der Waals surface area contributed by atoms with Crippen LogP contribution < -0.4 is 11.2 Å². The Morgan fingerprint density at radius 1 is 1.42 bits per heavy atom. The molecule has 1 aromatic carbocycles. The fourth-order valence-electron chi connectivity index (χ4n) is 2.04. The molecule has 1 heterocycles. The Labute approximate surface area is 140 Å². The highest BCUT2D eigenvalue weighted by Gasteiger charge is 2.15. The third-order valence-electron chi connectivity index (χ3n) is 3.14. The molecule has 0 aliphatic heterocycles. The molecule has 0 aliphatic rings. The van der Waals surface area contributed by atoms with E-state index in [-0.39, 0.29) is 29.4 Å². The van der Waals surface area contributed by atoms with Gasteiger partial charge in [0.05, 0.1) is 35.5 Å². The lowest BCUT2D eigenvalue weighted by Crippen LogP contribution is -2.43. The molecule has 0 radical (unpaired) electrons. The number of ether oxygens (including phenoxy) is 1. The van der Waals surface area contributed by atoms with Gasteiger partial charge in [0.15, 0.2) is 0 Å². The molecule has 0 saturated heterocycles. The van der Waals surface area contributed by atoms with E-state index in [1.807, 2.05) is 0 Å². The summed E-state index contributed by atoms with van der Waals surface area (Å²) < 4.78 is 6.39. The number of carboxylic acid groups (broad SMARTS) is 1. The minimum Gasteiger partial charge on any atom is -0.478 e. The largest absolute Gasteiger partial charge is 0.478 e. The molecule has 10 heteroatoms. The number of aliphatic hydroxyl groups is 1. The van der Waals surface area contributed by atoms with Crippen LogP contribution in [0.5, 0.6) is 0 Å². The van der Waals surface area contributed by atoms with Crippen molar-refractivity contribution in [3.8, 4) is 5.69 Å². The average Bonchev–Trinajstić information content (AvgIpc) is 2.52. The Hall–Kier alpha value is -2.49. The lowest BCUT2D eigenvalue weighted by molar-refractivity contribution is 0.0519. The molecule has 2 rings (SSSR count). The minimum absolute atomic E-state index is 0.00290. The van der Waals surface area contributed by atoms with Gasteiger partial charge in [-0.2, -0.15) is 9.78 Å². The first kappa shape index (κ1) is 17.9. The third-order valence-corrected chi connectivity index (χ3v) is 3.47. The van der Waals surface area contributed by atoms with Crippen LogP contribution in [0.4, 0.5) is 0 Å². The minimum atomic E-state index is -1.27. The summed E-state index contributed by atoms with van der Waals surface area (Å²) in [7, 11) is 1.37. The van der Waals surface area contributed by atoms with Crippen molar-refractivity contribution in [1.82, 2.24) is 14.3 Å². The van der Waals surface area contributed by atoms with Gasteiger partial charge in [-0.15, -0.1) is 0 Å². The molecule has 9 nitrogen and oxygen atoms in total. The summed E-state index contributed by atoms with van der Waals surface area (Å²) in [4.78, 5) is 35.4. The van der Waals surface area contributed by atoms with Crippen LogP contribution in [0.15, 0.2) is 34.0 Å². The molecule has 0 fully saturated rings. The van der Waals surface area contributed by atoms with Crippen molar-refractivity contribution in [1.29, 1.82) is 0 Å². The maximum absolute atomic E-state index is 12.4. The van der Waals surface area contributed by atoms with Crippen LogP contribution in [0.25, 0.3) is 5.69 Å². The molecular formula is C14H14ClN3O6. The molecule has 24 heavy (non-hydrogen) atoms. The predicted octanol–water partition coefficient (Wildman–Crippen LogP) is -0.247. The molecule has 0 spiro atoms. The average molecular weight is 356 g/mol. The highest BCUT2D eigenvalue weighted by Crippen LogP contribution is 2.18. The van der Waals surface area contributed by atoms with Gasteiger partial charge in [-0.05, 0) is 18.2 Å². The first-order valence-electron chi connectivity index (χ1n) is 6.74. The van der Waals surface area contributed by atoms with Crippen molar-refractivity contribution in [3.63, 3.8) is 0 Å². The Morgan fingerprint density at radius 2 is 2.12 bits per heavy atom. The third kappa shape index (κ3) is 3.70. The molecule has 128 valence electrons. The van der Waals surface area contributed by atoms with Crippen molar-refractivity contribution in [2.45, 2.75) is 12.6 Å². The van der Waals surface area contributed by atoms with Gasteiger partial charge in [-0.3, -0.25) is 9.36 Å². The van der Waals surface area contributed by atoms with Crippen molar-refractivity contribution >= 4 is 17.6 Å². The number of aliphatic hydroxyl groups excluding tert-OH is 1. The van der Waals surface area contributed by atoms with Crippen LogP contribution in [0.3, 0.4) is 0 Å². The summed E-state index contributed by atoms with van der Waals surface area (Å²) in [6.07, 6.45) is -0.160. The number of nitrogens with zero attached hydrogens (tertiary/aromatic N) is 3. The van der Waals surface area contributed by atoms with Gasteiger partial charge >= 0.3 is 11.7 Å². The van der Waals surface area contributed by atoms with Crippen LogP contribution in [-0.2, 0) is 11.3 Å². The number of hydrogen-bond acceptors (Lipinski definition) is 6. The number of methoxy groups -OCH3 is 1. The Kier molecular flexibility index (Phi) is 5.50.